The Hall–Kier alpha value is -4.27. The number of aryl methyl sites for hydroxylation is 1. The molecule has 3 aromatic carbocycles. The molecular weight excluding hydrogens is 492 g/mol. The molecule has 8 nitrogen and oxygen atoms in total. The Morgan fingerprint density at radius 1 is 1.00 bits per heavy atom. The number of aromatic nitrogens is 2. The second-order valence-corrected chi connectivity index (χ2v) is 10.1. The first kappa shape index (κ1) is 25.0. The zero-order valence-corrected chi connectivity index (χ0v) is 21.7. The lowest BCUT2D eigenvalue weighted by Crippen LogP contribution is -2.51. The predicted molar refractivity (Wildman–Crippen MR) is 145 cm³/mol. The number of carbonyl (C=O) groups excluding carboxylic acids is 2. The fourth-order valence-electron chi connectivity index (χ4n) is 5.37. The number of piperidine rings is 1. The fraction of sp³-hybridized carbons (Fsp3) is 0.258. The Morgan fingerprint density at radius 3 is 2.54 bits per heavy atom. The van der Waals surface area contributed by atoms with E-state index in [-0.39, 0.29) is 18.2 Å². The van der Waals surface area contributed by atoms with Crippen molar-refractivity contribution in [1.82, 2.24) is 19.8 Å². The molecule has 39 heavy (non-hydrogen) atoms. The molecule has 1 aromatic heterocycles. The summed E-state index contributed by atoms with van der Waals surface area (Å²) in [7, 11) is 0. The highest BCUT2D eigenvalue weighted by Gasteiger charge is 2.40. The van der Waals surface area contributed by atoms with Gasteiger partial charge in [0.1, 0.15) is 24.4 Å². The van der Waals surface area contributed by atoms with Crippen LogP contribution in [-0.2, 0) is 29.3 Å². The number of hydrogen-bond acceptors (Lipinski definition) is 6. The lowest BCUT2D eigenvalue weighted by Gasteiger charge is -2.31. The van der Waals surface area contributed by atoms with E-state index in [1.165, 1.54) is 5.56 Å². The third-order valence-corrected chi connectivity index (χ3v) is 7.53. The van der Waals surface area contributed by atoms with Gasteiger partial charge in [-0.25, -0.2) is 4.98 Å². The highest BCUT2D eigenvalue weighted by Crippen LogP contribution is 2.39. The Labute approximate surface area is 226 Å². The topological polar surface area (TPSA) is 96.7 Å². The Bertz CT molecular complexity index is 1510. The molecule has 3 heterocycles. The smallest absolute Gasteiger partial charge is 0.244 e. The van der Waals surface area contributed by atoms with Crippen molar-refractivity contribution in [1.29, 1.82) is 0 Å². The second-order valence-electron chi connectivity index (χ2n) is 10.1. The molecule has 198 valence electrons. The minimum Gasteiger partial charge on any atom is -0.489 e. The molecular formula is C31H30N4O4. The number of nitrogens with one attached hydrogen (secondary N) is 1. The molecule has 0 spiro atoms. The molecule has 0 saturated carbocycles. The van der Waals surface area contributed by atoms with Crippen LogP contribution in [0.2, 0.25) is 0 Å². The molecule has 8 heteroatoms. The number of aliphatic hydroxyl groups is 1. The maximum Gasteiger partial charge on any atom is 0.244 e. The van der Waals surface area contributed by atoms with E-state index in [0.717, 1.165) is 40.3 Å². The van der Waals surface area contributed by atoms with Gasteiger partial charge in [0.25, 0.3) is 0 Å². The number of hydrogen-bond donors (Lipinski definition) is 2. The molecule has 2 unspecified atom stereocenters. The molecule has 2 aliphatic rings. The van der Waals surface area contributed by atoms with E-state index < -0.39 is 12.3 Å². The van der Waals surface area contributed by atoms with E-state index in [0.29, 0.717) is 25.3 Å². The van der Waals surface area contributed by atoms with Crippen LogP contribution in [0, 0.1) is 6.92 Å². The standard InChI is InChI=1S/C31H30N4O4/c1-20-32-26(23-6-3-2-4-7-23)18-34(20)16-21-10-12-22(13-11-21)19-39-28-9-5-8-24-25(28)17-35(31(24)38)27-14-15-29(36)33-30(27)37/h2-13,18,27,31,38H,14-17,19H2,1H3,(H,33,36,37). The van der Waals surface area contributed by atoms with Crippen molar-refractivity contribution < 1.29 is 19.4 Å². The van der Waals surface area contributed by atoms with Crippen molar-refractivity contribution >= 4 is 11.8 Å². The van der Waals surface area contributed by atoms with E-state index in [1.54, 1.807) is 4.90 Å². The summed E-state index contributed by atoms with van der Waals surface area (Å²) in [5, 5.41) is 13.3. The molecule has 2 atom stereocenters. The number of fused-ring (bicyclic) bond motifs is 1. The van der Waals surface area contributed by atoms with Gasteiger partial charge < -0.3 is 14.4 Å². The van der Waals surface area contributed by atoms with Crippen molar-refractivity contribution in [2.24, 2.45) is 0 Å². The number of carbonyl (C=O) groups is 2. The van der Waals surface area contributed by atoms with Gasteiger partial charge >= 0.3 is 0 Å². The van der Waals surface area contributed by atoms with E-state index in [9.17, 15) is 14.7 Å². The van der Waals surface area contributed by atoms with Gasteiger partial charge in [-0.3, -0.25) is 19.8 Å². The summed E-state index contributed by atoms with van der Waals surface area (Å²) in [5.74, 6) is 1.03. The number of nitrogens with zero attached hydrogens (tertiary/aromatic N) is 3. The number of imidazole rings is 1. The van der Waals surface area contributed by atoms with Crippen molar-refractivity contribution in [3.05, 3.63) is 107 Å². The van der Waals surface area contributed by atoms with Crippen molar-refractivity contribution in [3.8, 4) is 17.0 Å². The zero-order valence-electron chi connectivity index (χ0n) is 21.7. The van der Waals surface area contributed by atoms with Crippen LogP contribution >= 0.6 is 0 Å². The summed E-state index contributed by atoms with van der Waals surface area (Å²) in [6, 6.07) is 23.6. The summed E-state index contributed by atoms with van der Waals surface area (Å²) in [4.78, 5) is 30.4. The first-order valence-corrected chi connectivity index (χ1v) is 13.2. The van der Waals surface area contributed by atoms with Gasteiger partial charge in [0.05, 0.1) is 11.7 Å². The predicted octanol–water partition coefficient (Wildman–Crippen LogP) is 4.10. The van der Waals surface area contributed by atoms with Gasteiger partial charge in [0, 0.05) is 42.4 Å². The highest BCUT2D eigenvalue weighted by molar-refractivity contribution is 6.00. The van der Waals surface area contributed by atoms with Gasteiger partial charge in [0.15, 0.2) is 0 Å². The summed E-state index contributed by atoms with van der Waals surface area (Å²) < 4.78 is 8.34. The minimum atomic E-state index is -0.916. The number of amides is 2. The first-order chi connectivity index (χ1) is 19.0. The van der Waals surface area contributed by atoms with Crippen LogP contribution in [0.3, 0.4) is 0 Å². The van der Waals surface area contributed by atoms with E-state index >= 15 is 0 Å². The largest absolute Gasteiger partial charge is 0.489 e. The van der Waals surface area contributed by atoms with Crippen LogP contribution in [-0.4, -0.2) is 37.4 Å². The Kier molecular flexibility index (Phi) is 6.72. The third-order valence-electron chi connectivity index (χ3n) is 7.53. The van der Waals surface area contributed by atoms with Crippen LogP contribution in [0.15, 0.2) is 79.0 Å². The Balaban J connectivity index is 1.10. The maximum absolute atomic E-state index is 12.4. The number of benzene rings is 3. The summed E-state index contributed by atoms with van der Waals surface area (Å²) in [6.07, 6.45) is 1.83. The number of imide groups is 1. The summed E-state index contributed by atoms with van der Waals surface area (Å²) in [6.45, 7) is 3.51. The molecule has 2 N–H and O–H groups in total. The average Bonchev–Trinajstić information content (AvgIpc) is 3.48. The molecule has 1 saturated heterocycles. The second kappa shape index (κ2) is 10.5. The van der Waals surface area contributed by atoms with Crippen LogP contribution in [0.4, 0.5) is 0 Å². The van der Waals surface area contributed by atoms with Gasteiger partial charge in [-0.15, -0.1) is 0 Å². The molecule has 6 rings (SSSR count). The maximum atomic E-state index is 12.4. The lowest BCUT2D eigenvalue weighted by molar-refractivity contribution is -0.141. The van der Waals surface area contributed by atoms with Crippen molar-refractivity contribution in [2.45, 2.75) is 51.7 Å². The van der Waals surface area contributed by atoms with Crippen LogP contribution in [0.1, 0.15) is 47.1 Å². The number of ether oxygens (including phenoxy) is 1. The fourth-order valence-corrected chi connectivity index (χ4v) is 5.37. The lowest BCUT2D eigenvalue weighted by atomic mass is 10.0. The van der Waals surface area contributed by atoms with Crippen LogP contribution in [0.5, 0.6) is 5.75 Å². The quantitative estimate of drug-likeness (QED) is 0.355. The van der Waals surface area contributed by atoms with E-state index in [1.807, 2.05) is 43.3 Å². The summed E-state index contributed by atoms with van der Waals surface area (Å²) >= 11 is 0. The van der Waals surface area contributed by atoms with E-state index in [4.69, 9.17) is 9.72 Å². The first-order valence-electron chi connectivity index (χ1n) is 13.2. The number of rotatable bonds is 7. The van der Waals surface area contributed by atoms with Gasteiger partial charge in [-0.1, -0.05) is 66.7 Å². The van der Waals surface area contributed by atoms with Gasteiger partial charge in [-0.05, 0) is 30.5 Å². The highest BCUT2D eigenvalue weighted by atomic mass is 16.5. The van der Waals surface area contributed by atoms with Crippen LogP contribution in [0.25, 0.3) is 11.3 Å². The molecule has 4 aromatic rings. The normalized spacial score (nSPS) is 19.1. The molecule has 0 bridgehead atoms. The third kappa shape index (κ3) is 5.08. The van der Waals surface area contributed by atoms with Gasteiger partial charge in [-0.2, -0.15) is 0 Å². The van der Waals surface area contributed by atoms with Crippen molar-refractivity contribution in [3.63, 3.8) is 0 Å². The van der Waals surface area contributed by atoms with Crippen molar-refractivity contribution in [2.75, 3.05) is 0 Å². The monoisotopic (exact) mass is 522 g/mol. The molecule has 0 radical (unpaired) electrons. The van der Waals surface area contributed by atoms with Crippen LogP contribution < -0.4 is 10.1 Å². The molecule has 0 aliphatic carbocycles. The zero-order chi connectivity index (χ0) is 26.9. The van der Waals surface area contributed by atoms with E-state index in [2.05, 4.69) is 52.5 Å². The summed E-state index contributed by atoms with van der Waals surface area (Å²) in [5.41, 5.74) is 5.88. The molecule has 1 fully saturated rings. The van der Waals surface area contributed by atoms with Gasteiger partial charge in [0.2, 0.25) is 11.8 Å². The molecule has 2 amide bonds. The Morgan fingerprint density at radius 2 is 1.77 bits per heavy atom. The minimum absolute atomic E-state index is 0.268. The SMILES string of the molecule is Cc1nc(-c2ccccc2)cn1Cc1ccc(COc2cccc3c2CN(C2CCC(=O)NC2=O)C3O)cc1. The number of aliphatic hydroxyl groups excluding tert-OH is 1. The molecule has 2 aliphatic heterocycles. The average molecular weight is 523 g/mol.